The van der Waals surface area contributed by atoms with Gasteiger partial charge in [-0.3, -0.25) is 9.48 Å². The predicted octanol–water partition coefficient (Wildman–Crippen LogP) is 0.650. The molecule has 0 bridgehead atoms. The summed E-state index contributed by atoms with van der Waals surface area (Å²) in [5.41, 5.74) is 2.88. The molecule has 0 unspecified atom stereocenters. The summed E-state index contributed by atoms with van der Waals surface area (Å²) >= 11 is 0. The molecule has 0 radical (unpaired) electrons. The number of rotatable bonds is 6. The van der Waals surface area contributed by atoms with Gasteiger partial charge in [-0.05, 0) is 32.3 Å². The highest BCUT2D eigenvalue weighted by atomic mass is 32.2. The van der Waals surface area contributed by atoms with Crippen molar-refractivity contribution >= 4 is 15.7 Å². The van der Waals surface area contributed by atoms with E-state index in [1.807, 2.05) is 13.8 Å². The Balaban J connectivity index is 1.89. The molecule has 8 heteroatoms. The Labute approximate surface area is 136 Å². The number of carbonyl (C=O) groups is 1. The number of hydrogen-bond acceptors (Lipinski definition) is 5. The molecule has 1 aromatic heterocycles. The van der Waals surface area contributed by atoms with Crippen molar-refractivity contribution in [2.24, 2.45) is 0 Å². The molecule has 1 fully saturated rings. The third-order valence-corrected chi connectivity index (χ3v) is 5.93. The molecule has 1 aliphatic heterocycles. The average molecular weight is 338 g/mol. The first-order valence-corrected chi connectivity index (χ1v) is 9.54. The predicted molar refractivity (Wildman–Crippen MR) is 85.5 cm³/mol. The summed E-state index contributed by atoms with van der Waals surface area (Å²) in [6, 6.07) is 1.84. The number of aromatic nitrogens is 2. The second kappa shape index (κ2) is 7.13. The molecular weight excluding hydrogens is 316 g/mol. The van der Waals surface area contributed by atoms with Gasteiger partial charge in [0.25, 0.3) is 0 Å². The minimum atomic E-state index is -2.98. The number of hydrogen-bond donors (Lipinski definition) is 1. The van der Waals surface area contributed by atoms with Crippen molar-refractivity contribution in [2.45, 2.75) is 52.1 Å². The van der Waals surface area contributed by atoms with Crippen molar-refractivity contribution in [3.63, 3.8) is 0 Å². The standard InChI is InChI=1S/C15H22N4O3S/c1-11-14(12(2)19(18-11)8-3-7-16)4-5-15(20)17-13-6-9-23(21,22)10-13/h13H,3-6,8-10H2,1-2H3,(H,17,20)/t13-/m0/s1. The minimum absolute atomic E-state index is 0.0445. The maximum Gasteiger partial charge on any atom is 0.220 e. The fourth-order valence-corrected chi connectivity index (χ4v) is 4.59. The molecule has 1 amide bonds. The number of amides is 1. The van der Waals surface area contributed by atoms with Crippen molar-refractivity contribution in [1.82, 2.24) is 15.1 Å². The largest absolute Gasteiger partial charge is 0.352 e. The second-order valence-corrected chi connectivity index (χ2v) is 8.18. The van der Waals surface area contributed by atoms with Crippen LogP contribution in [0, 0.1) is 25.2 Å². The van der Waals surface area contributed by atoms with Crippen LogP contribution in [0.1, 0.15) is 36.2 Å². The SMILES string of the molecule is Cc1nn(CCC#N)c(C)c1CCC(=O)N[C@H]1CCS(=O)(=O)C1. The maximum absolute atomic E-state index is 12.0. The van der Waals surface area contributed by atoms with Gasteiger partial charge in [-0.25, -0.2) is 8.42 Å². The molecule has 1 N–H and O–H groups in total. The molecule has 1 atom stereocenters. The van der Waals surface area contributed by atoms with Crippen LogP contribution < -0.4 is 5.32 Å². The van der Waals surface area contributed by atoms with E-state index in [0.29, 0.717) is 32.2 Å². The molecule has 0 spiro atoms. The molecule has 1 saturated heterocycles. The van der Waals surface area contributed by atoms with Gasteiger partial charge in [0.2, 0.25) is 5.91 Å². The zero-order chi connectivity index (χ0) is 17.0. The van der Waals surface area contributed by atoms with Crippen molar-refractivity contribution in [3.05, 3.63) is 17.0 Å². The van der Waals surface area contributed by atoms with Gasteiger partial charge in [-0.1, -0.05) is 0 Å². The highest BCUT2D eigenvalue weighted by Crippen LogP contribution is 2.16. The number of nitrogens with one attached hydrogen (secondary N) is 1. The van der Waals surface area contributed by atoms with E-state index >= 15 is 0 Å². The van der Waals surface area contributed by atoms with Gasteiger partial charge in [0.15, 0.2) is 9.84 Å². The lowest BCUT2D eigenvalue weighted by Gasteiger charge is -2.10. The Hall–Kier alpha value is -1.88. The summed E-state index contributed by atoms with van der Waals surface area (Å²) in [5.74, 6) is 0.0701. The number of carbonyl (C=O) groups excluding carboxylic acids is 1. The first kappa shape index (κ1) is 17.5. The van der Waals surface area contributed by atoms with Crippen molar-refractivity contribution < 1.29 is 13.2 Å². The van der Waals surface area contributed by atoms with Crippen LogP contribution in [0.25, 0.3) is 0 Å². The van der Waals surface area contributed by atoms with Crippen molar-refractivity contribution in [1.29, 1.82) is 5.26 Å². The summed E-state index contributed by atoms with van der Waals surface area (Å²) in [6.45, 7) is 4.39. The lowest BCUT2D eigenvalue weighted by Crippen LogP contribution is -2.35. The van der Waals surface area contributed by atoms with Gasteiger partial charge < -0.3 is 5.32 Å². The van der Waals surface area contributed by atoms with E-state index in [2.05, 4.69) is 16.5 Å². The summed E-state index contributed by atoms with van der Waals surface area (Å²) < 4.78 is 24.6. The fourth-order valence-electron chi connectivity index (χ4n) is 2.92. The molecule has 2 rings (SSSR count). The van der Waals surface area contributed by atoms with Crippen LogP contribution in [-0.4, -0.2) is 41.7 Å². The topological polar surface area (TPSA) is 105 Å². The highest BCUT2D eigenvalue weighted by molar-refractivity contribution is 7.91. The van der Waals surface area contributed by atoms with Gasteiger partial charge in [0.05, 0.1) is 36.2 Å². The normalized spacial score (nSPS) is 19.4. The molecular formula is C15H22N4O3S. The highest BCUT2D eigenvalue weighted by Gasteiger charge is 2.28. The van der Waals surface area contributed by atoms with Crippen LogP contribution >= 0.6 is 0 Å². The minimum Gasteiger partial charge on any atom is -0.352 e. The Bertz CT molecular complexity index is 731. The third kappa shape index (κ3) is 4.55. The summed E-state index contributed by atoms with van der Waals surface area (Å²) in [7, 11) is -2.98. The van der Waals surface area contributed by atoms with Crippen molar-refractivity contribution in [3.8, 4) is 6.07 Å². The Morgan fingerprint density at radius 1 is 1.48 bits per heavy atom. The Kier molecular flexibility index (Phi) is 5.42. The van der Waals surface area contributed by atoms with Gasteiger partial charge in [0.1, 0.15) is 0 Å². The number of aryl methyl sites for hydroxylation is 2. The molecule has 0 aliphatic carbocycles. The molecule has 1 aliphatic rings. The summed E-state index contributed by atoms with van der Waals surface area (Å²) in [5, 5.41) is 15.9. The van der Waals surface area contributed by atoms with E-state index in [-0.39, 0.29) is 23.5 Å². The van der Waals surface area contributed by atoms with Gasteiger partial charge >= 0.3 is 0 Å². The summed E-state index contributed by atoms with van der Waals surface area (Å²) in [4.78, 5) is 12.0. The molecule has 1 aromatic rings. The average Bonchev–Trinajstić information content (AvgIpc) is 2.94. The van der Waals surface area contributed by atoms with Gasteiger partial charge in [-0.2, -0.15) is 10.4 Å². The van der Waals surface area contributed by atoms with Crippen LogP contribution in [0.4, 0.5) is 0 Å². The molecule has 0 saturated carbocycles. The lowest BCUT2D eigenvalue weighted by molar-refractivity contribution is -0.121. The Morgan fingerprint density at radius 3 is 2.83 bits per heavy atom. The smallest absolute Gasteiger partial charge is 0.220 e. The van der Waals surface area contributed by atoms with Crippen LogP contribution in [0.2, 0.25) is 0 Å². The molecule has 126 valence electrons. The first-order valence-electron chi connectivity index (χ1n) is 7.72. The maximum atomic E-state index is 12.0. The van der Waals surface area contributed by atoms with E-state index in [4.69, 9.17) is 5.26 Å². The van der Waals surface area contributed by atoms with Crippen LogP contribution in [0.5, 0.6) is 0 Å². The zero-order valence-electron chi connectivity index (χ0n) is 13.5. The van der Waals surface area contributed by atoms with E-state index < -0.39 is 9.84 Å². The quantitative estimate of drug-likeness (QED) is 0.820. The second-order valence-electron chi connectivity index (χ2n) is 5.95. The monoisotopic (exact) mass is 338 g/mol. The third-order valence-electron chi connectivity index (χ3n) is 4.17. The van der Waals surface area contributed by atoms with E-state index in [1.54, 1.807) is 4.68 Å². The number of nitriles is 1. The van der Waals surface area contributed by atoms with Gasteiger partial charge in [0, 0.05) is 18.2 Å². The van der Waals surface area contributed by atoms with E-state index in [0.717, 1.165) is 17.0 Å². The zero-order valence-corrected chi connectivity index (χ0v) is 14.3. The van der Waals surface area contributed by atoms with E-state index in [9.17, 15) is 13.2 Å². The molecule has 0 aromatic carbocycles. The summed E-state index contributed by atoms with van der Waals surface area (Å²) in [6.07, 6.45) is 1.77. The molecule has 23 heavy (non-hydrogen) atoms. The lowest BCUT2D eigenvalue weighted by atomic mass is 10.1. The number of nitrogens with zero attached hydrogens (tertiary/aromatic N) is 3. The van der Waals surface area contributed by atoms with E-state index in [1.165, 1.54) is 0 Å². The van der Waals surface area contributed by atoms with Crippen LogP contribution in [0.3, 0.4) is 0 Å². The van der Waals surface area contributed by atoms with Crippen LogP contribution in [-0.2, 0) is 27.6 Å². The van der Waals surface area contributed by atoms with Crippen molar-refractivity contribution in [2.75, 3.05) is 11.5 Å². The first-order chi connectivity index (χ1) is 10.8. The molecule has 2 heterocycles. The number of sulfone groups is 1. The molecule has 7 nitrogen and oxygen atoms in total. The fraction of sp³-hybridized carbons (Fsp3) is 0.667. The van der Waals surface area contributed by atoms with Crippen LogP contribution in [0.15, 0.2) is 0 Å². The Morgan fingerprint density at radius 2 is 2.22 bits per heavy atom. The van der Waals surface area contributed by atoms with Gasteiger partial charge in [-0.15, -0.1) is 0 Å².